The second-order valence-corrected chi connectivity index (χ2v) is 12.5. The molecule has 0 aliphatic carbocycles. The summed E-state index contributed by atoms with van der Waals surface area (Å²) >= 11 is 13.0. The summed E-state index contributed by atoms with van der Waals surface area (Å²) in [6, 6.07) is 6.91. The fourth-order valence-corrected chi connectivity index (χ4v) is 5.93. The number of furan rings is 1. The summed E-state index contributed by atoms with van der Waals surface area (Å²) in [4.78, 5) is 58.1. The third kappa shape index (κ3) is 6.21. The van der Waals surface area contributed by atoms with Crippen molar-refractivity contribution >= 4 is 67.7 Å². The number of aromatic nitrogens is 2. The van der Waals surface area contributed by atoms with E-state index in [9.17, 15) is 32.7 Å². The number of hydrogen-bond acceptors (Lipinski definition) is 8. The van der Waals surface area contributed by atoms with Crippen LogP contribution in [-0.2, 0) is 27.6 Å². The molecule has 1 aliphatic rings. The number of carboxylic acid groups (broad SMARTS) is 1. The number of hydrogen-bond donors (Lipinski definition) is 4. The van der Waals surface area contributed by atoms with Crippen molar-refractivity contribution < 1.29 is 37.1 Å². The van der Waals surface area contributed by atoms with Crippen molar-refractivity contribution in [3.63, 3.8) is 0 Å². The molecule has 16 heteroatoms. The zero-order valence-electron chi connectivity index (χ0n) is 22.3. The largest absolute Gasteiger partial charge is 0.480 e. The number of carbonyl (C=O) groups is 4. The Labute approximate surface area is 254 Å². The molecule has 224 valence electrons. The van der Waals surface area contributed by atoms with Gasteiger partial charge in [0.2, 0.25) is 15.0 Å². The molecule has 3 heterocycles. The van der Waals surface area contributed by atoms with E-state index in [2.05, 4.69) is 20.6 Å². The predicted octanol–water partition coefficient (Wildman–Crippen LogP) is 2.68. The van der Waals surface area contributed by atoms with Gasteiger partial charge in [-0.05, 0) is 41.8 Å². The lowest BCUT2D eigenvalue weighted by Crippen LogP contribution is -2.48. The van der Waals surface area contributed by atoms with Crippen molar-refractivity contribution in [1.82, 2.24) is 25.5 Å². The highest BCUT2D eigenvalue weighted by Gasteiger charge is 2.30. The molecule has 1 aliphatic heterocycles. The maximum atomic E-state index is 13.2. The molecule has 5 rings (SSSR count). The van der Waals surface area contributed by atoms with Gasteiger partial charge in [-0.2, -0.15) is 0 Å². The number of aliphatic carboxylic acids is 1. The van der Waals surface area contributed by atoms with E-state index in [1.54, 1.807) is 35.4 Å². The molecule has 4 aromatic rings. The summed E-state index contributed by atoms with van der Waals surface area (Å²) in [6.45, 7) is -0.0544. The zero-order chi connectivity index (χ0) is 31.1. The van der Waals surface area contributed by atoms with E-state index in [0.717, 1.165) is 17.8 Å². The smallest absolute Gasteiger partial charge is 0.328 e. The first-order valence-electron chi connectivity index (χ1n) is 12.7. The van der Waals surface area contributed by atoms with Gasteiger partial charge in [-0.3, -0.25) is 14.4 Å². The van der Waals surface area contributed by atoms with E-state index in [0.29, 0.717) is 35.2 Å². The maximum Gasteiger partial charge on any atom is 0.328 e. The number of rotatable bonds is 8. The molecule has 0 radical (unpaired) electrons. The van der Waals surface area contributed by atoms with E-state index >= 15 is 0 Å². The first-order valence-corrected chi connectivity index (χ1v) is 15.3. The molecule has 1 unspecified atom stereocenters. The number of nitrogens with one attached hydrogen (secondary N) is 3. The molecule has 1 atom stereocenters. The van der Waals surface area contributed by atoms with Crippen LogP contribution >= 0.6 is 23.2 Å². The molecule has 43 heavy (non-hydrogen) atoms. The number of halogens is 2. The number of carbonyl (C=O) groups excluding carboxylic acids is 3. The number of imidazole rings is 1. The monoisotopic (exact) mass is 647 g/mol. The highest BCUT2D eigenvalue weighted by atomic mass is 35.5. The molecule has 0 spiro atoms. The molecular formula is C27H23Cl2N5O8S. The van der Waals surface area contributed by atoms with Gasteiger partial charge in [0.1, 0.15) is 17.3 Å². The highest BCUT2D eigenvalue weighted by molar-refractivity contribution is 7.90. The summed E-state index contributed by atoms with van der Waals surface area (Å²) in [5.74, 6) is -3.39. The molecule has 4 N–H and O–H groups in total. The van der Waals surface area contributed by atoms with Crippen LogP contribution in [0.25, 0.3) is 11.0 Å². The fraction of sp³-hybridized carbons (Fsp3) is 0.222. The van der Waals surface area contributed by atoms with Gasteiger partial charge in [0, 0.05) is 36.8 Å². The van der Waals surface area contributed by atoms with Crippen LogP contribution in [0.1, 0.15) is 42.3 Å². The number of benzene rings is 2. The average Bonchev–Trinajstić information content (AvgIpc) is 3.64. The highest BCUT2D eigenvalue weighted by Crippen LogP contribution is 2.35. The summed E-state index contributed by atoms with van der Waals surface area (Å²) in [7, 11) is -3.69. The molecule has 2 aromatic heterocycles. The Kier molecular flexibility index (Phi) is 8.18. The minimum Gasteiger partial charge on any atom is -0.480 e. The lowest BCUT2D eigenvalue weighted by atomic mass is 9.96. The second kappa shape index (κ2) is 11.7. The number of H-pyrrole nitrogens is 1. The number of fused-ring (bicyclic) bond motifs is 2. The number of nitrogens with zero attached hydrogens (tertiary/aromatic N) is 2. The first-order chi connectivity index (χ1) is 20.3. The fourth-order valence-electron chi connectivity index (χ4n) is 4.63. The first kappa shape index (κ1) is 30.1. The second-order valence-electron chi connectivity index (χ2n) is 9.78. The molecule has 0 fully saturated rings. The van der Waals surface area contributed by atoms with Gasteiger partial charge < -0.3 is 30.0 Å². The van der Waals surface area contributed by atoms with Crippen molar-refractivity contribution in [2.24, 2.45) is 0 Å². The van der Waals surface area contributed by atoms with Gasteiger partial charge in [-0.1, -0.05) is 29.3 Å². The van der Waals surface area contributed by atoms with E-state index in [4.69, 9.17) is 27.6 Å². The summed E-state index contributed by atoms with van der Waals surface area (Å²) < 4.78 is 28.5. The van der Waals surface area contributed by atoms with E-state index in [1.807, 2.05) is 0 Å². The Bertz CT molecular complexity index is 1900. The van der Waals surface area contributed by atoms with E-state index in [1.165, 1.54) is 6.07 Å². The van der Waals surface area contributed by atoms with Crippen LogP contribution in [0.15, 0.2) is 52.4 Å². The lowest BCUT2D eigenvalue weighted by molar-refractivity contribution is -0.139. The molecular weight excluding hydrogens is 625 g/mol. The van der Waals surface area contributed by atoms with Gasteiger partial charge in [0.15, 0.2) is 0 Å². The SMILES string of the molecule is CS(=O)(=O)c1ncc(C(=O)NCC(NC(=O)c2c(Cl)cc3c(c2Cl)CCN(C(=O)c2ccc4ccoc4c2)C3)C(=O)O)[nH]1. The van der Waals surface area contributed by atoms with Crippen molar-refractivity contribution in [2.75, 3.05) is 19.3 Å². The number of sulfone groups is 1. The molecule has 0 saturated carbocycles. The molecule has 2 aromatic carbocycles. The van der Waals surface area contributed by atoms with E-state index in [-0.39, 0.29) is 33.8 Å². The van der Waals surface area contributed by atoms with Crippen LogP contribution in [0.4, 0.5) is 0 Å². The van der Waals surface area contributed by atoms with Crippen molar-refractivity contribution in [1.29, 1.82) is 0 Å². The van der Waals surface area contributed by atoms with Crippen LogP contribution < -0.4 is 10.6 Å². The Hall–Kier alpha value is -4.40. The zero-order valence-corrected chi connectivity index (χ0v) is 24.6. The Morgan fingerprint density at radius 2 is 1.93 bits per heavy atom. The number of amides is 3. The van der Waals surface area contributed by atoms with Gasteiger partial charge in [0.25, 0.3) is 17.7 Å². The Morgan fingerprint density at radius 1 is 1.16 bits per heavy atom. The third-order valence-electron chi connectivity index (χ3n) is 6.84. The van der Waals surface area contributed by atoms with Crippen LogP contribution in [0.2, 0.25) is 10.0 Å². The van der Waals surface area contributed by atoms with Gasteiger partial charge >= 0.3 is 5.97 Å². The lowest BCUT2D eigenvalue weighted by Gasteiger charge is -2.30. The van der Waals surface area contributed by atoms with Crippen molar-refractivity contribution in [3.05, 3.63) is 80.8 Å². The number of carboxylic acids is 1. The number of aromatic amines is 1. The van der Waals surface area contributed by atoms with Crippen LogP contribution in [-0.4, -0.2) is 77.5 Å². The third-order valence-corrected chi connectivity index (χ3v) is 8.47. The van der Waals surface area contributed by atoms with E-state index < -0.39 is 45.4 Å². The normalized spacial score (nSPS) is 13.8. The molecule has 3 amide bonds. The molecule has 0 saturated heterocycles. The molecule has 13 nitrogen and oxygen atoms in total. The standard InChI is InChI=1S/C27H23Cl2N5O8S/c1-43(40,41)27-31-10-18(33-27)23(35)30-11-19(26(38)39)32-24(36)21-17(28)8-15-12-34(6-4-16(15)22(21)29)25(37)14-3-2-13-5-7-42-20(13)9-14/h2-3,5,7-10,19H,4,6,11-12H2,1H3,(H,30,35)(H,31,33)(H,32,36)(H,38,39). The topological polar surface area (TPSA) is 192 Å². The summed E-state index contributed by atoms with van der Waals surface area (Å²) in [5, 5.41) is 14.7. The van der Waals surface area contributed by atoms with Crippen LogP contribution in [0, 0.1) is 0 Å². The quantitative estimate of drug-likeness (QED) is 0.222. The summed E-state index contributed by atoms with van der Waals surface area (Å²) in [6.07, 6.45) is 3.75. The Morgan fingerprint density at radius 3 is 2.63 bits per heavy atom. The minimum absolute atomic E-state index is 0.0306. The minimum atomic E-state index is -3.69. The van der Waals surface area contributed by atoms with Crippen molar-refractivity contribution in [3.8, 4) is 0 Å². The summed E-state index contributed by atoms with van der Waals surface area (Å²) in [5.41, 5.74) is 1.92. The van der Waals surface area contributed by atoms with Crippen LogP contribution in [0.3, 0.4) is 0 Å². The van der Waals surface area contributed by atoms with Crippen LogP contribution in [0.5, 0.6) is 0 Å². The van der Waals surface area contributed by atoms with Gasteiger partial charge in [-0.15, -0.1) is 0 Å². The Balaban J connectivity index is 1.28. The van der Waals surface area contributed by atoms with Gasteiger partial charge in [-0.25, -0.2) is 18.2 Å². The predicted molar refractivity (Wildman–Crippen MR) is 154 cm³/mol. The van der Waals surface area contributed by atoms with Crippen molar-refractivity contribution in [2.45, 2.75) is 24.2 Å². The van der Waals surface area contributed by atoms with Gasteiger partial charge in [0.05, 0.1) is 28.1 Å². The molecule has 0 bridgehead atoms. The average molecular weight is 648 g/mol. The maximum absolute atomic E-state index is 13.2.